The van der Waals surface area contributed by atoms with Crippen LogP contribution in [0.4, 0.5) is 5.69 Å². The molecule has 6 nitrogen and oxygen atoms in total. The Bertz CT molecular complexity index is 882. The van der Waals surface area contributed by atoms with E-state index in [0.29, 0.717) is 5.11 Å². The fraction of sp³-hybridized carbons (Fsp3) is 0.316. The highest BCUT2D eigenvalue weighted by molar-refractivity contribution is 7.80. The smallest absolute Gasteiger partial charge is 0.171 e. The van der Waals surface area contributed by atoms with Gasteiger partial charge in [0.2, 0.25) is 0 Å². The minimum atomic E-state index is 0.0322. The number of nitrogens with one attached hydrogen (secondary N) is 2. The fourth-order valence-electron chi connectivity index (χ4n) is 2.70. The van der Waals surface area contributed by atoms with Gasteiger partial charge in [0.1, 0.15) is 0 Å². The minimum absolute atomic E-state index is 0.0322. The molecule has 7 heteroatoms. The molecule has 1 aromatic carbocycles. The molecule has 0 aliphatic carbocycles. The van der Waals surface area contributed by atoms with Crippen LogP contribution in [0.1, 0.15) is 36.7 Å². The van der Waals surface area contributed by atoms with Crippen molar-refractivity contribution in [2.75, 3.05) is 5.32 Å². The summed E-state index contributed by atoms with van der Waals surface area (Å²) in [5.74, 6) is 0. The number of benzene rings is 1. The van der Waals surface area contributed by atoms with Gasteiger partial charge in [-0.1, -0.05) is 24.3 Å². The Labute approximate surface area is 159 Å². The van der Waals surface area contributed by atoms with Crippen molar-refractivity contribution in [2.45, 2.75) is 39.9 Å². The summed E-state index contributed by atoms with van der Waals surface area (Å²) >= 11 is 5.41. The predicted molar refractivity (Wildman–Crippen MR) is 108 cm³/mol. The van der Waals surface area contributed by atoms with Crippen molar-refractivity contribution in [1.29, 1.82) is 0 Å². The molecule has 1 atom stereocenters. The molecule has 1 unspecified atom stereocenters. The summed E-state index contributed by atoms with van der Waals surface area (Å²) in [6.07, 6.45) is 5.71. The lowest BCUT2D eigenvalue weighted by atomic mass is 10.1. The van der Waals surface area contributed by atoms with E-state index in [2.05, 4.69) is 46.8 Å². The van der Waals surface area contributed by atoms with Gasteiger partial charge in [0.25, 0.3) is 0 Å². The van der Waals surface area contributed by atoms with Gasteiger partial charge in [0.15, 0.2) is 5.11 Å². The van der Waals surface area contributed by atoms with E-state index < -0.39 is 0 Å². The van der Waals surface area contributed by atoms with Crippen LogP contribution in [-0.2, 0) is 13.1 Å². The lowest BCUT2D eigenvalue weighted by Crippen LogP contribution is -2.31. The van der Waals surface area contributed by atoms with Crippen molar-refractivity contribution in [3.8, 4) is 0 Å². The van der Waals surface area contributed by atoms with Crippen molar-refractivity contribution in [3.05, 3.63) is 65.7 Å². The van der Waals surface area contributed by atoms with E-state index >= 15 is 0 Å². The van der Waals surface area contributed by atoms with Crippen LogP contribution >= 0.6 is 12.2 Å². The number of aryl methyl sites for hydroxylation is 2. The number of nitrogens with zero attached hydrogens (tertiary/aromatic N) is 4. The summed E-state index contributed by atoms with van der Waals surface area (Å²) in [7, 11) is 0. The van der Waals surface area contributed by atoms with E-state index in [-0.39, 0.29) is 6.04 Å². The van der Waals surface area contributed by atoms with Gasteiger partial charge in [0.05, 0.1) is 30.2 Å². The summed E-state index contributed by atoms with van der Waals surface area (Å²) in [5, 5.41) is 15.9. The van der Waals surface area contributed by atoms with Crippen molar-refractivity contribution < 1.29 is 0 Å². The molecular weight excluding hydrogens is 344 g/mol. The summed E-state index contributed by atoms with van der Waals surface area (Å²) in [6, 6.07) is 10.4. The van der Waals surface area contributed by atoms with Crippen LogP contribution < -0.4 is 10.6 Å². The van der Waals surface area contributed by atoms with Crippen LogP contribution in [0.15, 0.2) is 48.9 Å². The molecule has 2 N–H and O–H groups in total. The third-order valence-electron chi connectivity index (χ3n) is 4.26. The number of aromatic nitrogens is 4. The Balaban J connectivity index is 1.56. The molecule has 0 saturated heterocycles. The van der Waals surface area contributed by atoms with E-state index in [1.807, 2.05) is 46.9 Å². The average molecular weight is 369 g/mol. The molecule has 136 valence electrons. The van der Waals surface area contributed by atoms with Crippen LogP contribution in [0.2, 0.25) is 0 Å². The molecule has 3 aromatic rings. The molecule has 0 bridgehead atoms. The zero-order valence-electron chi connectivity index (χ0n) is 15.3. The second-order valence-electron chi connectivity index (χ2n) is 6.27. The largest absolute Gasteiger partial charge is 0.354 e. The highest BCUT2D eigenvalue weighted by atomic mass is 32.1. The normalized spacial score (nSPS) is 12.0. The van der Waals surface area contributed by atoms with Crippen LogP contribution in [0.5, 0.6) is 0 Å². The highest BCUT2D eigenvalue weighted by Crippen LogP contribution is 2.13. The Hall–Kier alpha value is -2.67. The lowest BCUT2D eigenvalue weighted by Gasteiger charge is -2.14. The second kappa shape index (κ2) is 8.14. The monoisotopic (exact) mass is 368 g/mol. The number of hydrogen-bond donors (Lipinski definition) is 2. The topological polar surface area (TPSA) is 59.7 Å². The zero-order chi connectivity index (χ0) is 18.5. The van der Waals surface area contributed by atoms with Gasteiger partial charge in [-0.3, -0.25) is 9.36 Å². The molecule has 3 rings (SSSR count). The van der Waals surface area contributed by atoms with Gasteiger partial charge in [-0.25, -0.2) is 0 Å². The first-order valence-corrected chi connectivity index (χ1v) is 9.14. The van der Waals surface area contributed by atoms with Crippen LogP contribution in [0.25, 0.3) is 0 Å². The van der Waals surface area contributed by atoms with Gasteiger partial charge < -0.3 is 10.6 Å². The molecule has 2 heterocycles. The zero-order valence-corrected chi connectivity index (χ0v) is 16.1. The number of rotatable bonds is 6. The van der Waals surface area contributed by atoms with Crippen LogP contribution in [-0.4, -0.2) is 24.7 Å². The van der Waals surface area contributed by atoms with Gasteiger partial charge in [-0.15, -0.1) is 0 Å². The predicted octanol–water partition coefficient (Wildman–Crippen LogP) is 3.50. The molecule has 0 aliphatic rings. The quantitative estimate of drug-likeness (QED) is 0.652. The molecule has 26 heavy (non-hydrogen) atoms. The number of anilines is 1. The molecule has 2 aromatic heterocycles. The Morgan fingerprint density at radius 3 is 2.77 bits per heavy atom. The standard InChI is InChI=1S/C19H24N6S/c1-4-24-10-9-18(23-24)15(3)21-19(26)22-17-11-20-25(13-17)12-16-8-6-5-7-14(16)2/h5-11,13,15H,4,12H2,1-3H3,(H2,21,22,26). The maximum absolute atomic E-state index is 5.41. The molecule has 0 saturated carbocycles. The first kappa shape index (κ1) is 18.1. The Morgan fingerprint density at radius 1 is 1.23 bits per heavy atom. The molecule has 0 radical (unpaired) electrons. The minimum Gasteiger partial charge on any atom is -0.354 e. The lowest BCUT2D eigenvalue weighted by molar-refractivity contribution is 0.613. The maximum Gasteiger partial charge on any atom is 0.171 e. The van der Waals surface area contributed by atoms with Crippen molar-refractivity contribution >= 4 is 23.0 Å². The van der Waals surface area contributed by atoms with E-state index in [1.54, 1.807) is 6.20 Å². The first-order chi connectivity index (χ1) is 12.5. The van der Waals surface area contributed by atoms with Gasteiger partial charge >= 0.3 is 0 Å². The van der Waals surface area contributed by atoms with E-state index in [4.69, 9.17) is 12.2 Å². The highest BCUT2D eigenvalue weighted by Gasteiger charge is 2.11. The fourth-order valence-corrected chi connectivity index (χ4v) is 2.99. The van der Waals surface area contributed by atoms with Crippen molar-refractivity contribution in [3.63, 3.8) is 0 Å². The summed E-state index contributed by atoms with van der Waals surface area (Å²) in [6.45, 7) is 7.81. The molecule has 0 amide bonds. The molecule has 0 aliphatic heterocycles. The summed E-state index contributed by atoms with van der Waals surface area (Å²) < 4.78 is 3.80. The van der Waals surface area contributed by atoms with Crippen molar-refractivity contribution in [2.24, 2.45) is 0 Å². The third-order valence-corrected chi connectivity index (χ3v) is 4.48. The van der Waals surface area contributed by atoms with E-state index in [9.17, 15) is 0 Å². The Morgan fingerprint density at radius 2 is 2.04 bits per heavy atom. The molecular formula is C19H24N6S. The van der Waals surface area contributed by atoms with E-state index in [1.165, 1.54) is 11.1 Å². The first-order valence-electron chi connectivity index (χ1n) is 8.73. The number of hydrogen-bond acceptors (Lipinski definition) is 3. The van der Waals surface area contributed by atoms with Gasteiger partial charge in [0, 0.05) is 18.9 Å². The van der Waals surface area contributed by atoms with Gasteiger partial charge in [-0.05, 0) is 50.2 Å². The number of thiocarbonyl (C=S) groups is 1. The molecule has 0 spiro atoms. The van der Waals surface area contributed by atoms with Crippen LogP contribution in [0, 0.1) is 6.92 Å². The third kappa shape index (κ3) is 4.49. The molecule has 0 fully saturated rings. The second-order valence-corrected chi connectivity index (χ2v) is 6.68. The SMILES string of the molecule is CCn1ccc(C(C)NC(=S)Nc2cnn(Cc3ccccc3C)c2)n1. The maximum atomic E-state index is 5.41. The average Bonchev–Trinajstić information content (AvgIpc) is 3.26. The van der Waals surface area contributed by atoms with Gasteiger partial charge in [-0.2, -0.15) is 10.2 Å². The Kier molecular flexibility index (Phi) is 5.68. The van der Waals surface area contributed by atoms with Crippen LogP contribution in [0.3, 0.4) is 0 Å². The van der Waals surface area contributed by atoms with E-state index in [0.717, 1.165) is 24.5 Å². The summed E-state index contributed by atoms with van der Waals surface area (Å²) in [5.41, 5.74) is 4.34. The summed E-state index contributed by atoms with van der Waals surface area (Å²) in [4.78, 5) is 0. The van der Waals surface area contributed by atoms with Crippen molar-refractivity contribution in [1.82, 2.24) is 24.9 Å².